The first-order chi connectivity index (χ1) is 9.53. The van der Waals surface area contributed by atoms with Gasteiger partial charge in [-0.3, -0.25) is 4.79 Å². The van der Waals surface area contributed by atoms with Crippen molar-refractivity contribution < 1.29 is 13.2 Å². The normalized spacial score (nSPS) is 14.2. The zero-order valence-corrected chi connectivity index (χ0v) is 12.2. The first kappa shape index (κ1) is 15.0. The third-order valence-corrected chi connectivity index (χ3v) is 4.49. The van der Waals surface area contributed by atoms with Crippen LogP contribution in [0.25, 0.3) is 0 Å². The third kappa shape index (κ3) is 3.56. The maximum atomic E-state index is 12.1. The third-order valence-electron chi connectivity index (χ3n) is 3.03. The molecule has 1 heterocycles. The van der Waals surface area contributed by atoms with Crippen LogP contribution in [0.2, 0.25) is 0 Å². The summed E-state index contributed by atoms with van der Waals surface area (Å²) >= 11 is 0. The van der Waals surface area contributed by atoms with Gasteiger partial charge in [0, 0.05) is 18.8 Å². The summed E-state index contributed by atoms with van der Waals surface area (Å²) in [6.07, 6.45) is 1.25. The van der Waals surface area contributed by atoms with E-state index in [0.717, 1.165) is 18.5 Å². The Hall–Kier alpha value is -1.44. The van der Waals surface area contributed by atoms with Crippen LogP contribution in [0.4, 0.5) is 5.69 Å². The average molecular weight is 297 g/mol. The fourth-order valence-electron chi connectivity index (χ4n) is 2.03. The van der Waals surface area contributed by atoms with E-state index in [0.29, 0.717) is 18.8 Å². The smallest absolute Gasteiger partial charge is 0.240 e. The summed E-state index contributed by atoms with van der Waals surface area (Å²) in [5.74, 6) is -0.105. The summed E-state index contributed by atoms with van der Waals surface area (Å²) in [6, 6.07) is 4.69. The van der Waals surface area contributed by atoms with E-state index in [-0.39, 0.29) is 17.2 Å². The maximum absolute atomic E-state index is 12.1. The molecule has 1 aromatic carbocycles. The number of benzene rings is 1. The molecule has 7 heteroatoms. The van der Waals surface area contributed by atoms with Gasteiger partial charge in [-0.25, -0.2) is 13.1 Å². The van der Waals surface area contributed by atoms with Crippen LogP contribution in [0, 0.1) is 0 Å². The van der Waals surface area contributed by atoms with E-state index < -0.39 is 10.0 Å². The molecule has 0 atom stereocenters. The van der Waals surface area contributed by atoms with Crippen molar-refractivity contribution in [1.29, 1.82) is 0 Å². The number of rotatable bonds is 7. The minimum absolute atomic E-state index is 0.105. The summed E-state index contributed by atoms with van der Waals surface area (Å²) in [6.45, 7) is 3.86. The van der Waals surface area contributed by atoms with Gasteiger partial charge in [-0.05, 0) is 36.7 Å². The van der Waals surface area contributed by atoms with E-state index in [1.54, 1.807) is 12.1 Å². The highest BCUT2D eigenvalue weighted by molar-refractivity contribution is 7.89. The molecule has 20 heavy (non-hydrogen) atoms. The highest BCUT2D eigenvalue weighted by atomic mass is 32.2. The Labute approximate surface area is 119 Å². The van der Waals surface area contributed by atoms with Crippen LogP contribution in [-0.4, -0.2) is 34.0 Å². The van der Waals surface area contributed by atoms with Crippen molar-refractivity contribution >= 4 is 21.6 Å². The number of carbonyl (C=O) groups is 1. The summed E-state index contributed by atoms with van der Waals surface area (Å²) in [4.78, 5) is 11.4. The van der Waals surface area contributed by atoms with E-state index in [1.165, 1.54) is 6.07 Å². The lowest BCUT2D eigenvalue weighted by Crippen LogP contribution is -2.32. The zero-order valence-electron chi connectivity index (χ0n) is 11.4. The van der Waals surface area contributed by atoms with Gasteiger partial charge < -0.3 is 10.6 Å². The number of amides is 1. The molecule has 3 N–H and O–H groups in total. The molecule has 0 radical (unpaired) electrons. The summed E-state index contributed by atoms with van der Waals surface area (Å²) in [5, 5.41) is 5.80. The van der Waals surface area contributed by atoms with Gasteiger partial charge in [0.05, 0.1) is 11.3 Å². The fourth-order valence-corrected chi connectivity index (χ4v) is 3.11. The molecule has 0 saturated carbocycles. The Morgan fingerprint density at radius 3 is 2.80 bits per heavy atom. The van der Waals surface area contributed by atoms with E-state index in [9.17, 15) is 13.2 Å². The lowest BCUT2D eigenvalue weighted by Gasteiger charge is -2.08. The number of sulfonamides is 1. The van der Waals surface area contributed by atoms with Crippen LogP contribution in [0.5, 0.6) is 0 Å². The maximum Gasteiger partial charge on any atom is 0.240 e. The van der Waals surface area contributed by atoms with Gasteiger partial charge >= 0.3 is 0 Å². The molecule has 1 amide bonds. The summed E-state index contributed by atoms with van der Waals surface area (Å²) < 4.78 is 26.7. The average Bonchev–Trinajstić information content (AvgIpc) is 2.77. The molecule has 0 bridgehead atoms. The van der Waals surface area contributed by atoms with Crippen LogP contribution >= 0.6 is 0 Å². The number of nitrogens with one attached hydrogen (secondary N) is 3. The van der Waals surface area contributed by atoms with Crippen LogP contribution in [0.1, 0.15) is 18.9 Å². The molecule has 1 aromatic rings. The van der Waals surface area contributed by atoms with Crippen LogP contribution in [0.3, 0.4) is 0 Å². The Morgan fingerprint density at radius 2 is 2.05 bits per heavy atom. The van der Waals surface area contributed by atoms with Crippen LogP contribution in [-0.2, 0) is 21.2 Å². The molecule has 0 aromatic heterocycles. The highest BCUT2D eigenvalue weighted by Crippen LogP contribution is 2.25. The number of hydrogen-bond acceptors (Lipinski definition) is 4. The Kier molecular flexibility index (Phi) is 4.74. The van der Waals surface area contributed by atoms with Gasteiger partial charge in [0.25, 0.3) is 0 Å². The molecule has 0 spiro atoms. The Balaban J connectivity index is 2.00. The fraction of sp³-hybridized carbons (Fsp3) is 0.462. The molecule has 0 fully saturated rings. The van der Waals surface area contributed by atoms with Crippen LogP contribution in [0.15, 0.2) is 23.1 Å². The van der Waals surface area contributed by atoms with E-state index in [1.807, 2.05) is 0 Å². The molecule has 0 saturated heterocycles. The van der Waals surface area contributed by atoms with Crippen molar-refractivity contribution in [2.75, 3.05) is 25.0 Å². The number of anilines is 1. The number of fused-ring (bicyclic) bond motifs is 1. The van der Waals surface area contributed by atoms with Crippen LogP contribution < -0.4 is 15.4 Å². The first-order valence-electron chi connectivity index (χ1n) is 6.66. The van der Waals surface area contributed by atoms with E-state index in [4.69, 9.17) is 0 Å². The lowest BCUT2D eigenvalue weighted by atomic mass is 10.2. The second-order valence-corrected chi connectivity index (χ2v) is 6.46. The predicted molar refractivity (Wildman–Crippen MR) is 77.1 cm³/mol. The zero-order chi connectivity index (χ0) is 14.6. The lowest BCUT2D eigenvalue weighted by molar-refractivity contribution is -0.115. The number of hydrogen-bond donors (Lipinski definition) is 3. The van der Waals surface area contributed by atoms with Crippen molar-refractivity contribution in [2.45, 2.75) is 24.7 Å². The molecule has 0 unspecified atom stereocenters. The standard InChI is InChI=1S/C13H19N3O3S/c1-2-5-14-6-7-15-20(18,19)11-3-4-12-10(8-11)9-13(17)16-12/h3-4,8,14-15H,2,5-7,9H2,1H3,(H,16,17). The second-order valence-electron chi connectivity index (χ2n) is 4.69. The molecule has 1 aliphatic heterocycles. The minimum Gasteiger partial charge on any atom is -0.326 e. The molecule has 0 aliphatic carbocycles. The predicted octanol–water partition coefficient (Wildman–Crippen LogP) is 0.459. The van der Waals surface area contributed by atoms with Gasteiger partial charge in [-0.2, -0.15) is 0 Å². The monoisotopic (exact) mass is 297 g/mol. The molecule has 110 valence electrons. The molecule has 2 rings (SSSR count). The summed E-state index contributed by atoms with van der Waals surface area (Å²) in [5.41, 5.74) is 1.42. The SMILES string of the molecule is CCCNCCNS(=O)(=O)c1ccc2c(c1)CC(=O)N2. The van der Waals surface area contributed by atoms with E-state index in [2.05, 4.69) is 22.3 Å². The van der Waals surface area contributed by atoms with Crippen molar-refractivity contribution in [3.63, 3.8) is 0 Å². The summed E-state index contributed by atoms with van der Waals surface area (Å²) in [7, 11) is -3.52. The van der Waals surface area contributed by atoms with Gasteiger partial charge in [0.15, 0.2) is 0 Å². The van der Waals surface area contributed by atoms with Gasteiger partial charge in [0.2, 0.25) is 15.9 Å². The Morgan fingerprint density at radius 1 is 1.25 bits per heavy atom. The van der Waals surface area contributed by atoms with E-state index >= 15 is 0 Å². The topological polar surface area (TPSA) is 87.3 Å². The molecule has 6 nitrogen and oxygen atoms in total. The largest absolute Gasteiger partial charge is 0.326 e. The second kappa shape index (κ2) is 6.34. The van der Waals surface area contributed by atoms with Crippen molar-refractivity contribution in [3.05, 3.63) is 23.8 Å². The van der Waals surface area contributed by atoms with Gasteiger partial charge in [-0.1, -0.05) is 6.92 Å². The molecular weight excluding hydrogens is 278 g/mol. The highest BCUT2D eigenvalue weighted by Gasteiger charge is 2.21. The molecular formula is C13H19N3O3S. The Bertz CT molecular complexity index is 599. The van der Waals surface area contributed by atoms with Crippen molar-refractivity contribution in [2.24, 2.45) is 0 Å². The first-order valence-corrected chi connectivity index (χ1v) is 8.14. The van der Waals surface area contributed by atoms with Gasteiger partial charge in [0.1, 0.15) is 0 Å². The van der Waals surface area contributed by atoms with Gasteiger partial charge in [-0.15, -0.1) is 0 Å². The van der Waals surface area contributed by atoms with Crippen molar-refractivity contribution in [1.82, 2.24) is 10.0 Å². The van der Waals surface area contributed by atoms with Crippen molar-refractivity contribution in [3.8, 4) is 0 Å². The number of carbonyl (C=O) groups excluding carboxylic acids is 1. The molecule has 1 aliphatic rings. The minimum atomic E-state index is -3.52. The quantitative estimate of drug-likeness (QED) is 0.638.